The summed E-state index contributed by atoms with van der Waals surface area (Å²) in [6, 6.07) is 18.4. The van der Waals surface area contributed by atoms with Crippen molar-refractivity contribution < 1.29 is 4.79 Å². The molecule has 1 heterocycles. The van der Waals surface area contributed by atoms with Gasteiger partial charge in [0, 0.05) is 25.2 Å². The molecule has 5 nitrogen and oxygen atoms in total. The summed E-state index contributed by atoms with van der Waals surface area (Å²) in [6.45, 7) is 5.50. The summed E-state index contributed by atoms with van der Waals surface area (Å²) in [6.07, 6.45) is 1.15. The Hall–Kier alpha value is -2.92. The minimum absolute atomic E-state index is 0.0657. The van der Waals surface area contributed by atoms with Gasteiger partial charge < -0.3 is 10.2 Å². The lowest BCUT2D eigenvalue weighted by Crippen LogP contribution is -2.24. The number of carbonyl (C=O) groups is 1. The molecule has 0 atom stereocenters. The Balaban J connectivity index is 1.60. The lowest BCUT2D eigenvalue weighted by molar-refractivity contribution is -0.121. The van der Waals surface area contributed by atoms with Crippen LogP contribution in [-0.2, 0) is 24.3 Å². The minimum atomic E-state index is 0.0657. The molecule has 0 unspecified atom stereocenters. The van der Waals surface area contributed by atoms with Crippen LogP contribution in [-0.4, -0.2) is 34.7 Å². The first-order valence-corrected chi connectivity index (χ1v) is 10.0. The lowest BCUT2D eigenvalue weighted by atomic mass is 10.1. The summed E-state index contributed by atoms with van der Waals surface area (Å²) in [5, 5.41) is 7.75. The molecule has 0 bridgehead atoms. The van der Waals surface area contributed by atoms with Gasteiger partial charge in [-0.15, -0.1) is 0 Å². The molecule has 0 aliphatic rings. The zero-order valence-corrected chi connectivity index (χ0v) is 17.8. The van der Waals surface area contributed by atoms with Crippen molar-refractivity contribution in [2.45, 2.75) is 39.8 Å². The molecule has 29 heavy (non-hydrogen) atoms. The third-order valence-corrected chi connectivity index (χ3v) is 5.12. The van der Waals surface area contributed by atoms with Gasteiger partial charge in [0.25, 0.3) is 0 Å². The average Bonchev–Trinajstić information content (AvgIpc) is 2.99. The number of carbonyl (C=O) groups excluding carboxylic acids is 1. The van der Waals surface area contributed by atoms with Crippen LogP contribution in [0.5, 0.6) is 0 Å². The number of hydrogen-bond donors (Lipinski definition) is 1. The van der Waals surface area contributed by atoms with Crippen LogP contribution in [0.4, 0.5) is 0 Å². The van der Waals surface area contributed by atoms with Crippen LogP contribution in [0.25, 0.3) is 5.69 Å². The van der Waals surface area contributed by atoms with E-state index >= 15 is 0 Å². The van der Waals surface area contributed by atoms with Crippen LogP contribution in [0.2, 0.25) is 0 Å². The van der Waals surface area contributed by atoms with Crippen molar-refractivity contribution in [3.05, 3.63) is 82.7 Å². The van der Waals surface area contributed by atoms with Crippen molar-refractivity contribution in [3.8, 4) is 5.69 Å². The predicted octanol–water partition coefficient (Wildman–Crippen LogP) is 3.80. The van der Waals surface area contributed by atoms with E-state index in [0.29, 0.717) is 19.4 Å². The van der Waals surface area contributed by atoms with E-state index in [4.69, 9.17) is 0 Å². The molecule has 0 spiro atoms. The summed E-state index contributed by atoms with van der Waals surface area (Å²) < 4.78 is 1.96. The molecule has 3 rings (SSSR count). The molecular formula is C24H30N4O. The highest BCUT2D eigenvalue weighted by atomic mass is 16.1. The smallest absolute Gasteiger partial charge is 0.220 e. The van der Waals surface area contributed by atoms with E-state index < -0.39 is 0 Å². The highest BCUT2D eigenvalue weighted by Gasteiger charge is 2.14. The zero-order valence-electron chi connectivity index (χ0n) is 17.8. The van der Waals surface area contributed by atoms with Crippen LogP contribution >= 0.6 is 0 Å². The van der Waals surface area contributed by atoms with E-state index in [1.807, 2.05) is 54.1 Å². The third-order valence-electron chi connectivity index (χ3n) is 5.12. The van der Waals surface area contributed by atoms with E-state index in [1.54, 1.807) is 0 Å². The van der Waals surface area contributed by atoms with Gasteiger partial charge >= 0.3 is 0 Å². The summed E-state index contributed by atoms with van der Waals surface area (Å²) >= 11 is 0. The number of aryl methyl sites for hydroxylation is 1. The quantitative estimate of drug-likeness (QED) is 0.636. The molecule has 3 aromatic rings. The van der Waals surface area contributed by atoms with E-state index in [-0.39, 0.29) is 5.91 Å². The summed E-state index contributed by atoms with van der Waals surface area (Å²) in [4.78, 5) is 14.6. The van der Waals surface area contributed by atoms with E-state index in [0.717, 1.165) is 29.2 Å². The van der Waals surface area contributed by atoms with Gasteiger partial charge in [0.05, 0.1) is 11.4 Å². The summed E-state index contributed by atoms with van der Waals surface area (Å²) in [5.74, 6) is 0.0657. The molecule has 2 aromatic carbocycles. The van der Waals surface area contributed by atoms with Gasteiger partial charge in [0.2, 0.25) is 5.91 Å². The number of rotatable bonds is 8. The van der Waals surface area contributed by atoms with Crippen LogP contribution in [0.15, 0.2) is 54.6 Å². The predicted molar refractivity (Wildman–Crippen MR) is 117 cm³/mol. The number of para-hydroxylation sites is 1. The molecule has 1 aromatic heterocycles. The Labute approximate surface area is 173 Å². The molecule has 0 aliphatic carbocycles. The number of amides is 1. The standard InChI is InChI=1S/C24H30N4O/c1-18-23(19(2)28(26-18)22-12-6-5-7-13-22)14-15-24(29)25-16-20-10-8-9-11-21(20)17-27(3)4/h5-13H,14-17H2,1-4H3,(H,25,29). The first-order valence-electron chi connectivity index (χ1n) is 10.0. The number of aromatic nitrogens is 2. The second-order valence-corrected chi connectivity index (χ2v) is 7.68. The zero-order chi connectivity index (χ0) is 20.8. The summed E-state index contributed by atoms with van der Waals surface area (Å²) in [5.41, 5.74) is 6.68. The Kier molecular flexibility index (Phi) is 6.83. The number of hydrogen-bond acceptors (Lipinski definition) is 3. The molecule has 152 valence electrons. The maximum absolute atomic E-state index is 12.5. The maximum Gasteiger partial charge on any atom is 0.220 e. The van der Waals surface area contributed by atoms with Crippen LogP contribution in [0.1, 0.15) is 34.5 Å². The van der Waals surface area contributed by atoms with Crippen molar-refractivity contribution in [1.82, 2.24) is 20.0 Å². The number of nitrogens with one attached hydrogen (secondary N) is 1. The van der Waals surface area contributed by atoms with E-state index in [2.05, 4.69) is 48.5 Å². The highest BCUT2D eigenvalue weighted by Crippen LogP contribution is 2.19. The lowest BCUT2D eigenvalue weighted by Gasteiger charge is -2.14. The normalized spacial score (nSPS) is 11.1. The second-order valence-electron chi connectivity index (χ2n) is 7.68. The fraction of sp³-hybridized carbons (Fsp3) is 0.333. The van der Waals surface area contributed by atoms with Gasteiger partial charge in [-0.3, -0.25) is 4.79 Å². The van der Waals surface area contributed by atoms with Crippen molar-refractivity contribution in [3.63, 3.8) is 0 Å². The Morgan fingerprint density at radius 2 is 1.66 bits per heavy atom. The third kappa shape index (κ3) is 5.33. The topological polar surface area (TPSA) is 50.2 Å². The van der Waals surface area contributed by atoms with E-state index in [9.17, 15) is 4.79 Å². The Morgan fingerprint density at radius 3 is 2.34 bits per heavy atom. The first kappa shape index (κ1) is 20.8. The molecule has 0 fully saturated rings. The fourth-order valence-corrected chi connectivity index (χ4v) is 3.60. The van der Waals surface area contributed by atoms with E-state index in [1.165, 1.54) is 11.1 Å². The molecule has 0 saturated heterocycles. The highest BCUT2D eigenvalue weighted by molar-refractivity contribution is 5.76. The van der Waals surface area contributed by atoms with Gasteiger partial charge in [-0.2, -0.15) is 5.10 Å². The molecule has 5 heteroatoms. The molecule has 0 aliphatic heterocycles. The Bertz CT molecular complexity index is 960. The van der Waals surface area contributed by atoms with Gasteiger partial charge in [0.1, 0.15) is 0 Å². The van der Waals surface area contributed by atoms with Crippen molar-refractivity contribution in [2.24, 2.45) is 0 Å². The SMILES string of the molecule is Cc1nn(-c2ccccc2)c(C)c1CCC(=O)NCc1ccccc1CN(C)C. The van der Waals surface area contributed by atoms with Crippen molar-refractivity contribution in [2.75, 3.05) is 14.1 Å². The van der Waals surface area contributed by atoms with Gasteiger partial charge in [-0.25, -0.2) is 4.68 Å². The number of nitrogens with zero attached hydrogens (tertiary/aromatic N) is 3. The van der Waals surface area contributed by atoms with Gasteiger partial charge in [-0.05, 0) is 63.2 Å². The Morgan fingerprint density at radius 1 is 1.00 bits per heavy atom. The molecular weight excluding hydrogens is 360 g/mol. The van der Waals surface area contributed by atoms with Crippen LogP contribution in [0, 0.1) is 13.8 Å². The van der Waals surface area contributed by atoms with Crippen LogP contribution in [0.3, 0.4) is 0 Å². The fourth-order valence-electron chi connectivity index (χ4n) is 3.60. The molecule has 1 N–H and O–H groups in total. The van der Waals surface area contributed by atoms with Crippen molar-refractivity contribution in [1.29, 1.82) is 0 Å². The largest absolute Gasteiger partial charge is 0.352 e. The van der Waals surface area contributed by atoms with Crippen molar-refractivity contribution >= 4 is 5.91 Å². The minimum Gasteiger partial charge on any atom is -0.352 e. The average molecular weight is 391 g/mol. The maximum atomic E-state index is 12.5. The molecule has 0 saturated carbocycles. The summed E-state index contributed by atoms with van der Waals surface area (Å²) in [7, 11) is 4.10. The monoisotopic (exact) mass is 390 g/mol. The van der Waals surface area contributed by atoms with Gasteiger partial charge in [0.15, 0.2) is 0 Å². The number of benzene rings is 2. The van der Waals surface area contributed by atoms with Gasteiger partial charge in [-0.1, -0.05) is 42.5 Å². The molecule has 1 amide bonds. The first-order chi connectivity index (χ1) is 14.0. The second kappa shape index (κ2) is 9.52. The van der Waals surface area contributed by atoms with Crippen LogP contribution < -0.4 is 5.32 Å². The molecule has 0 radical (unpaired) electrons.